The van der Waals surface area contributed by atoms with E-state index >= 15 is 0 Å². The van der Waals surface area contributed by atoms with Gasteiger partial charge in [-0.25, -0.2) is 15.0 Å². The predicted octanol–water partition coefficient (Wildman–Crippen LogP) is 14.9. The molecular weight excluding hydrogens is 753 g/mol. The highest BCUT2D eigenvalue weighted by Gasteiger charge is 2.17. The molecule has 2 heterocycles. The molecule has 9 aromatic carbocycles. The summed E-state index contributed by atoms with van der Waals surface area (Å²) in [6.07, 6.45) is 3.71. The first-order chi connectivity index (χ1) is 30.7. The van der Waals surface area contributed by atoms with E-state index in [4.69, 9.17) is 15.0 Å². The van der Waals surface area contributed by atoms with Crippen LogP contribution in [0.1, 0.15) is 0 Å². The molecule has 4 heteroatoms. The first-order valence-electron chi connectivity index (χ1n) is 20.9. The van der Waals surface area contributed by atoms with Crippen molar-refractivity contribution in [2.45, 2.75) is 0 Å². The zero-order valence-corrected chi connectivity index (χ0v) is 33.7. The van der Waals surface area contributed by atoms with Crippen LogP contribution in [0.3, 0.4) is 0 Å². The van der Waals surface area contributed by atoms with Crippen molar-refractivity contribution < 1.29 is 0 Å². The normalized spacial score (nSPS) is 11.2. The van der Waals surface area contributed by atoms with E-state index in [1.165, 1.54) is 21.5 Å². The summed E-state index contributed by atoms with van der Waals surface area (Å²) in [4.78, 5) is 20.1. The van der Waals surface area contributed by atoms with Crippen molar-refractivity contribution >= 4 is 21.5 Å². The molecule has 0 radical (unpaired) electrons. The number of pyridine rings is 1. The highest BCUT2D eigenvalue weighted by Crippen LogP contribution is 2.39. The van der Waals surface area contributed by atoms with E-state index in [1.54, 1.807) is 6.20 Å². The molecule has 0 N–H and O–H groups in total. The molecule has 11 rings (SSSR count). The minimum Gasteiger partial charge on any atom is -0.264 e. The number of benzene rings is 9. The topological polar surface area (TPSA) is 51.6 Å². The van der Waals surface area contributed by atoms with Crippen molar-refractivity contribution in [2.24, 2.45) is 0 Å². The van der Waals surface area contributed by atoms with E-state index in [9.17, 15) is 0 Å². The summed E-state index contributed by atoms with van der Waals surface area (Å²) >= 11 is 0. The van der Waals surface area contributed by atoms with Crippen LogP contribution < -0.4 is 0 Å². The number of nitrogens with zero attached hydrogens (tertiary/aromatic N) is 4. The van der Waals surface area contributed by atoms with Crippen molar-refractivity contribution in [3.05, 3.63) is 231 Å². The average Bonchev–Trinajstić information content (AvgIpc) is 3.37. The second kappa shape index (κ2) is 16.0. The molecule has 0 unspecified atom stereocenters. The summed E-state index contributed by atoms with van der Waals surface area (Å²) < 4.78 is 0. The van der Waals surface area contributed by atoms with E-state index in [2.05, 4.69) is 205 Å². The number of fused-ring (bicyclic) bond motifs is 3. The molecular formula is C58H38N4. The Morgan fingerprint density at radius 1 is 0.242 bits per heavy atom. The molecule has 0 amide bonds. The summed E-state index contributed by atoms with van der Waals surface area (Å²) in [5.41, 5.74) is 13.9. The lowest BCUT2D eigenvalue weighted by Crippen LogP contribution is -2.01. The number of hydrogen-bond donors (Lipinski definition) is 0. The Morgan fingerprint density at radius 2 is 0.645 bits per heavy atom. The van der Waals surface area contributed by atoms with Crippen LogP contribution in [0.15, 0.2) is 231 Å². The Morgan fingerprint density at radius 3 is 1.21 bits per heavy atom. The monoisotopic (exact) mass is 790 g/mol. The van der Waals surface area contributed by atoms with Crippen molar-refractivity contribution in [3.63, 3.8) is 0 Å². The third-order valence-electron chi connectivity index (χ3n) is 11.6. The second-order valence-corrected chi connectivity index (χ2v) is 15.5. The molecule has 0 spiro atoms. The SMILES string of the molecule is c1ccc(-c2ccc(-c3nc(-c4ccc(-c5ccccc5)cc4)nc(-c4cc(-c5ccc(-c6cccnc6)cc5)cc(-c5cc6ccccc6c6ccccc56)c4)n3)cc2)cc1. The zero-order valence-electron chi connectivity index (χ0n) is 33.7. The molecule has 0 aliphatic carbocycles. The maximum atomic E-state index is 5.27. The maximum absolute atomic E-state index is 5.27. The molecule has 290 valence electrons. The lowest BCUT2D eigenvalue weighted by molar-refractivity contribution is 1.07. The number of aromatic nitrogens is 4. The molecule has 4 nitrogen and oxygen atoms in total. The van der Waals surface area contributed by atoms with E-state index in [1.807, 2.05) is 24.4 Å². The van der Waals surface area contributed by atoms with Crippen LogP contribution in [-0.4, -0.2) is 19.9 Å². The lowest BCUT2D eigenvalue weighted by Gasteiger charge is -2.15. The van der Waals surface area contributed by atoms with Gasteiger partial charge in [0.25, 0.3) is 0 Å². The Kier molecular flexibility index (Phi) is 9.49. The fraction of sp³-hybridized carbons (Fsp3) is 0. The van der Waals surface area contributed by atoms with Gasteiger partial charge in [0.2, 0.25) is 0 Å². The van der Waals surface area contributed by atoms with Gasteiger partial charge in [0.05, 0.1) is 0 Å². The van der Waals surface area contributed by atoms with Gasteiger partial charge < -0.3 is 0 Å². The standard InChI is InChI=1S/C58H38N4/c1-3-12-39(13-4-1)41-25-29-45(30-26-41)56-60-57(46-31-27-42(28-32-46)40-14-5-2-6-15-40)62-58(61-56)51-35-49(44-23-21-43(22-24-44)48-17-11-33-59-38-48)34-50(36-51)55-37-47-16-7-8-18-52(47)53-19-9-10-20-54(53)55/h1-38H. The first-order valence-corrected chi connectivity index (χ1v) is 20.9. The summed E-state index contributed by atoms with van der Waals surface area (Å²) in [6.45, 7) is 0. The van der Waals surface area contributed by atoms with Crippen LogP contribution in [0.2, 0.25) is 0 Å². The van der Waals surface area contributed by atoms with Gasteiger partial charge in [-0.05, 0) is 108 Å². The molecule has 11 aromatic rings. The number of hydrogen-bond acceptors (Lipinski definition) is 4. The van der Waals surface area contributed by atoms with Crippen LogP contribution in [-0.2, 0) is 0 Å². The van der Waals surface area contributed by atoms with Crippen LogP contribution in [0.4, 0.5) is 0 Å². The highest BCUT2D eigenvalue weighted by molar-refractivity contribution is 6.14. The van der Waals surface area contributed by atoms with Gasteiger partial charge in [0.1, 0.15) is 0 Å². The van der Waals surface area contributed by atoms with Crippen molar-refractivity contribution in [2.75, 3.05) is 0 Å². The molecule has 62 heavy (non-hydrogen) atoms. The largest absolute Gasteiger partial charge is 0.264 e. The van der Waals surface area contributed by atoms with E-state index in [0.717, 1.165) is 72.3 Å². The minimum absolute atomic E-state index is 0.601. The van der Waals surface area contributed by atoms with Gasteiger partial charge in [0, 0.05) is 29.1 Å². The second-order valence-electron chi connectivity index (χ2n) is 15.5. The fourth-order valence-electron chi connectivity index (χ4n) is 8.41. The zero-order chi connectivity index (χ0) is 41.2. The molecule has 0 aliphatic rings. The molecule has 0 aliphatic heterocycles. The molecule has 0 saturated heterocycles. The van der Waals surface area contributed by atoms with Crippen LogP contribution in [0.25, 0.3) is 111 Å². The Balaban J connectivity index is 1.10. The third kappa shape index (κ3) is 7.20. The van der Waals surface area contributed by atoms with Gasteiger partial charge in [-0.3, -0.25) is 4.98 Å². The minimum atomic E-state index is 0.601. The smallest absolute Gasteiger partial charge is 0.164 e. The van der Waals surface area contributed by atoms with Crippen LogP contribution in [0, 0.1) is 0 Å². The predicted molar refractivity (Wildman–Crippen MR) is 256 cm³/mol. The summed E-state index contributed by atoms with van der Waals surface area (Å²) in [7, 11) is 0. The van der Waals surface area contributed by atoms with Gasteiger partial charge in [-0.2, -0.15) is 0 Å². The van der Waals surface area contributed by atoms with Crippen molar-refractivity contribution in [1.82, 2.24) is 19.9 Å². The van der Waals surface area contributed by atoms with Gasteiger partial charge in [-0.15, -0.1) is 0 Å². The molecule has 0 atom stereocenters. The van der Waals surface area contributed by atoms with E-state index in [0.29, 0.717) is 17.5 Å². The first kappa shape index (κ1) is 36.7. The van der Waals surface area contributed by atoms with Gasteiger partial charge in [-0.1, -0.05) is 188 Å². The van der Waals surface area contributed by atoms with Gasteiger partial charge >= 0.3 is 0 Å². The Labute approximate surface area is 360 Å². The third-order valence-corrected chi connectivity index (χ3v) is 11.6. The lowest BCUT2D eigenvalue weighted by atomic mass is 9.90. The Bertz CT molecular complexity index is 3250. The van der Waals surface area contributed by atoms with Crippen LogP contribution >= 0.6 is 0 Å². The molecule has 0 bridgehead atoms. The molecule has 2 aromatic heterocycles. The Hall–Kier alpha value is -8.34. The van der Waals surface area contributed by atoms with E-state index < -0.39 is 0 Å². The number of rotatable bonds is 8. The fourth-order valence-corrected chi connectivity index (χ4v) is 8.41. The van der Waals surface area contributed by atoms with Crippen LogP contribution in [0.5, 0.6) is 0 Å². The summed E-state index contributed by atoms with van der Waals surface area (Å²) in [5.74, 6) is 1.82. The van der Waals surface area contributed by atoms with Crippen molar-refractivity contribution in [1.29, 1.82) is 0 Å². The highest BCUT2D eigenvalue weighted by atomic mass is 15.0. The summed E-state index contributed by atoms with van der Waals surface area (Å²) in [6, 6.07) is 77.0. The average molecular weight is 791 g/mol. The van der Waals surface area contributed by atoms with E-state index in [-0.39, 0.29) is 0 Å². The molecule has 0 saturated carbocycles. The molecule has 0 fully saturated rings. The maximum Gasteiger partial charge on any atom is 0.164 e. The van der Waals surface area contributed by atoms with Gasteiger partial charge in [0.15, 0.2) is 17.5 Å². The summed E-state index contributed by atoms with van der Waals surface area (Å²) in [5, 5.41) is 4.83. The quantitative estimate of drug-likeness (QED) is 0.144. The van der Waals surface area contributed by atoms with Crippen molar-refractivity contribution in [3.8, 4) is 89.8 Å².